The highest BCUT2D eigenvalue weighted by Gasteiger charge is 2.14. The second kappa shape index (κ2) is 8.89. The van der Waals surface area contributed by atoms with Crippen LogP contribution < -0.4 is 5.32 Å². The number of amides is 1. The van der Waals surface area contributed by atoms with Crippen molar-refractivity contribution < 1.29 is 13.2 Å². The van der Waals surface area contributed by atoms with Gasteiger partial charge in [-0.05, 0) is 43.3 Å². The first-order chi connectivity index (χ1) is 13.4. The Hall–Kier alpha value is -2.16. The normalized spacial score (nSPS) is 11.4. The Morgan fingerprint density at radius 3 is 2.50 bits per heavy atom. The van der Waals surface area contributed by atoms with E-state index in [0.717, 1.165) is 15.6 Å². The van der Waals surface area contributed by atoms with Crippen LogP contribution in [0.15, 0.2) is 63.7 Å². The van der Waals surface area contributed by atoms with Crippen molar-refractivity contribution in [1.29, 1.82) is 0 Å². The molecule has 0 spiro atoms. The molecule has 0 aliphatic heterocycles. The van der Waals surface area contributed by atoms with Crippen molar-refractivity contribution in [2.24, 2.45) is 0 Å². The number of benzene rings is 2. The first-order valence-corrected chi connectivity index (χ1v) is 12.2. The Kier molecular flexibility index (Phi) is 6.53. The van der Waals surface area contributed by atoms with E-state index in [1.54, 1.807) is 48.2 Å². The molecular weight excluding hydrogens is 412 g/mol. The summed E-state index contributed by atoms with van der Waals surface area (Å²) in [5.74, 6) is 0.503. The molecule has 0 saturated heterocycles. The maximum atomic E-state index is 12.7. The number of anilines is 1. The second-order valence-corrected chi connectivity index (χ2v) is 10.4. The van der Waals surface area contributed by atoms with Gasteiger partial charge >= 0.3 is 0 Å². The van der Waals surface area contributed by atoms with Crippen LogP contribution in [-0.2, 0) is 15.6 Å². The first kappa shape index (κ1) is 20.6. The number of carbonyl (C=O) groups is 1. The molecule has 0 fully saturated rings. The summed E-state index contributed by atoms with van der Waals surface area (Å²) in [4.78, 5) is 18.3. The number of nitrogens with zero attached hydrogens (tertiary/aromatic N) is 1. The zero-order chi connectivity index (χ0) is 20.1. The van der Waals surface area contributed by atoms with Gasteiger partial charge in [0.2, 0.25) is 0 Å². The summed E-state index contributed by atoms with van der Waals surface area (Å²) in [6, 6.07) is 13.6. The minimum atomic E-state index is -3.26. The van der Waals surface area contributed by atoms with E-state index in [1.165, 1.54) is 12.1 Å². The highest BCUT2D eigenvalue weighted by atomic mass is 32.2. The van der Waals surface area contributed by atoms with E-state index in [4.69, 9.17) is 0 Å². The fourth-order valence-electron chi connectivity index (χ4n) is 2.52. The number of carbonyl (C=O) groups excluding carboxylic acids is 1. The summed E-state index contributed by atoms with van der Waals surface area (Å²) in [5, 5.41) is 5.88. The molecule has 3 rings (SSSR count). The third-order valence-corrected chi connectivity index (χ3v) is 7.71. The Morgan fingerprint density at radius 1 is 1.14 bits per heavy atom. The molecule has 146 valence electrons. The topological polar surface area (TPSA) is 76.1 Å². The summed E-state index contributed by atoms with van der Waals surface area (Å²) >= 11 is 3.17. The van der Waals surface area contributed by atoms with Gasteiger partial charge < -0.3 is 5.32 Å². The lowest BCUT2D eigenvalue weighted by Crippen LogP contribution is -2.13. The van der Waals surface area contributed by atoms with Gasteiger partial charge in [-0.1, -0.05) is 19.1 Å². The summed E-state index contributed by atoms with van der Waals surface area (Å²) < 4.78 is 23.8. The maximum absolute atomic E-state index is 12.7. The van der Waals surface area contributed by atoms with Gasteiger partial charge in [0.15, 0.2) is 9.84 Å². The van der Waals surface area contributed by atoms with Crippen LogP contribution in [0.3, 0.4) is 0 Å². The number of aryl methyl sites for hydroxylation is 1. The molecule has 0 aliphatic rings. The van der Waals surface area contributed by atoms with Crippen molar-refractivity contribution in [3.8, 4) is 0 Å². The molecule has 0 radical (unpaired) electrons. The SMILES string of the molecule is CCS(=O)(=O)c1ccc(NC(=O)c2ccccc2SCc2csc(C)n2)cc1. The van der Waals surface area contributed by atoms with E-state index in [-0.39, 0.29) is 16.6 Å². The van der Waals surface area contributed by atoms with E-state index in [1.807, 2.05) is 30.5 Å². The molecule has 8 heteroatoms. The number of sulfone groups is 1. The third kappa shape index (κ3) is 5.01. The molecule has 1 N–H and O–H groups in total. The largest absolute Gasteiger partial charge is 0.322 e. The van der Waals surface area contributed by atoms with E-state index < -0.39 is 9.84 Å². The number of thiazole rings is 1. The highest BCUT2D eigenvalue weighted by molar-refractivity contribution is 7.98. The summed E-state index contributed by atoms with van der Waals surface area (Å²) in [6.45, 7) is 3.57. The first-order valence-electron chi connectivity index (χ1n) is 8.66. The molecule has 5 nitrogen and oxygen atoms in total. The average Bonchev–Trinajstić information content (AvgIpc) is 3.12. The number of aromatic nitrogens is 1. The van der Waals surface area contributed by atoms with Crippen molar-refractivity contribution in [2.45, 2.75) is 29.4 Å². The quantitative estimate of drug-likeness (QED) is 0.543. The number of rotatable bonds is 7. The van der Waals surface area contributed by atoms with Crippen molar-refractivity contribution in [3.63, 3.8) is 0 Å². The molecule has 3 aromatic rings. The molecule has 0 bridgehead atoms. The van der Waals surface area contributed by atoms with Crippen LogP contribution in [-0.4, -0.2) is 25.1 Å². The second-order valence-electron chi connectivity index (χ2n) is 6.02. The lowest BCUT2D eigenvalue weighted by molar-refractivity contribution is 0.102. The monoisotopic (exact) mass is 432 g/mol. The number of hydrogen-bond donors (Lipinski definition) is 1. The van der Waals surface area contributed by atoms with E-state index in [9.17, 15) is 13.2 Å². The minimum Gasteiger partial charge on any atom is -0.322 e. The molecule has 0 unspecified atom stereocenters. The smallest absolute Gasteiger partial charge is 0.256 e. The lowest BCUT2D eigenvalue weighted by atomic mass is 10.2. The van der Waals surface area contributed by atoms with Gasteiger partial charge in [-0.25, -0.2) is 13.4 Å². The predicted molar refractivity (Wildman–Crippen MR) is 115 cm³/mol. The molecule has 2 aromatic carbocycles. The Morgan fingerprint density at radius 2 is 1.86 bits per heavy atom. The van der Waals surface area contributed by atoms with Crippen LogP contribution in [0, 0.1) is 6.92 Å². The fourth-order valence-corrected chi connectivity index (χ4v) is 5.06. The van der Waals surface area contributed by atoms with Crippen LogP contribution >= 0.6 is 23.1 Å². The lowest BCUT2D eigenvalue weighted by Gasteiger charge is -2.10. The minimum absolute atomic E-state index is 0.0435. The van der Waals surface area contributed by atoms with Crippen LogP contribution in [0.4, 0.5) is 5.69 Å². The van der Waals surface area contributed by atoms with Crippen LogP contribution in [0.2, 0.25) is 0 Å². The number of thioether (sulfide) groups is 1. The zero-order valence-corrected chi connectivity index (χ0v) is 18.0. The van der Waals surface area contributed by atoms with Gasteiger partial charge in [-0.15, -0.1) is 23.1 Å². The van der Waals surface area contributed by atoms with Gasteiger partial charge in [-0.2, -0.15) is 0 Å². The predicted octanol–water partition coefficient (Wildman–Crippen LogP) is 4.79. The van der Waals surface area contributed by atoms with Crippen molar-refractivity contribution in [2.75, 3.05) is 11.1 Å². The Labute approximate surface area is 173 Å². The highest BCUT2D eigenvalue weighted by Crippen LogP contribution is 2.27. The summed E-state index contributed by atoms with van der Waals surface area (Å²) in [6.07, 6.45) is 0. The standard InChI is InChI=1S/C20H20N2O3S3/c1-3-28(24,25)17-10-8-15(9-11-17)22-20(23)18-6-4-5-7-19(18)27-13-16-12-26-14(2)21-16/h4-12H,3,13H2,1-2H3,(H,22,23). The molecule has 0 atom stereocenters. The summed E-state index contributed by atoms with van der Waals surface area (Å²) in [5.41, 5.74) is 2.12. The van der Waals surface area contributed by atoms with Gasteiger partial charge in [0.25, 0.3) is 5.91 Å². The molecule has 1 amide bonds. The molecule has 0 aliphatic carbocycles. The van der Waals surface area contributed by atoms with Crippen molar-refractivity contribution in [3.05, 3.63) is 70.2 Å². The van der Waals surface area contributed by atoms with E-state index in [2.05, 4.69) is 10.3 Å². The van der Waals surface area contributed by atoms with E-state index in [0.29, 0.717) is 17.0 Å². The molecule has 1 aromatic heterocycles. The fraction of sp³-hybridized carbons (Fsp3) is 0.200. The zero-order valence-electron chi connectivity index (χ0n) is 15.5. The average molecular weight is 433 g/mol. The maximum Gasteiger partial charge on any atom is 0.256 e. The molecular formula is C20H20N2O3S3. The molecule has 0 saturated carbocycles. The van der Waals surface area contributed by atoms with Gasteiger partial charge in [0.1, 0.15) is 0 Å². The van der Waals surface area contributed by atoms with Crippen LogP contribution in [0.5, 0.6) is 0 Å². The Balaban J connectivity index is 1.72. The van der Waals surface area contributed by atoms with Gasteiger partial charge in [0, 0.05) is 21.7 Å². The van der Waals surface area contributed by atoms with Crippen molar-refractivity contribution in [1.82, 2.24) is 4.98 Å². The van der Waals surface area contributed by atoms with Gasteiger partial charge in [-0.3, -0.25) is 4.79 Å². The number of hydrogen-bond acceptors (Lipinski definition) is 6. The molecule has 1 heterocycles. The van der Waals surface area contributed by atoms with Crippen LogP contribution in [0.25, 0.3) is 0 Å². The Bertz CT molecular complexity index is 1070. The molecule has 28 heavy (non-hydrogen) atoms. The van der Waals surface area contributed by atoms with E-state index >= 15 is 0 Å². The van der Waals surface area contributed by atoms with Gasteiger partial charge in [0.05, 0.1) is 26.9 Å². The number of nitrogens with one attached hydrogen (secondary N) is 1. The third-order valence-electron chi connectivity index (χ3n) is 4.03. The van der Waals surface area contributed by atoms with Crippen LogP contribution in [0.1, 0.15) is 28.0 Å². The summed E-state index contributed by atoms with van der Waals surface area (Å²) in [7, 11) is -3.26. The van der Waals surface area contributed by atoms with Crippen molar-refractivity contribution >= 4 is 44.5 Å².